The number of aryl methyl sites for hydroxylation is 1. The number of carbonyl (C=O) groups excluding carboxylic acids is 1. The smallest absolute Gasteiger partial charge is 0.270 e. The van der Waals surface area contributed by atoms with E-state index in [4.69, 9.17) is 5.84 Å². The lowest BCUT2D eigenvalue weighted by atomic mass is 10.2. The molecule has 2 rings (SSSR count). The molecule has 0 bridgehead atoms. The van der Waals surface area contributed by atoms with Gasteiger partial charge in [0, 0.05) is 17.3 Å². The van der Waals surface area contributed by atoms with Gasteiger partial charge in [-0.05, 0) is 26.0 Å². The van der Waals surface area contributed by atoms with Crippen molar-refractivity contribution in [2.24, 2.45) is 5.84 Å². The Labute approximate surface area is 115 Å². The predicted molar refractivity (Wildman–Crippen MR) is 74.8 cm³/mol. The Hall–Kier alpha value is -1.99. The van der Waals surface area contributed by atoms with Gasteiger partial charge in [-0.15, -0.1) is 11.3 Å². The number of hydrogen-bond donors (Lipinski definition) is 3. The first kappa shape index (κ1) is 13.4. The number of nitrogens with two attached hydrogens (primary N) is 1. The van der Waals surface area contributed by atoms with Crippen molar-refractivity contribution in [1.82, 2.24) is 15.3 Å². The SMILES string of the molecule is Cc1csc(C(C)NC(=O)c2cc(NN)ccn2)n1. The molecule has 0 saturated heterocycles. The van der Waals surface area contributed by atoms with E-state index in [2.05, 4.69) is 20.7 Å². The molecule has 19 heavy (non-hydrogen) atoms. The number of aromatic nitrogens is 2. The van der Waals surface area contributed by atoms with E-state index in [1.54, 1.807) is 12.1 Å². The van der Waals surface area contributed by atoms with Crippen molar-refractivity contribution in [2.75, 3.05) is 5.43 Å². The molecule has 0 saturated carbocycles. The van der Waals surface area contributed by atoms with Gasteiger partial charge in [0.05, 0.1) is 11.7 Å². The standard InChI is InChI=1S/C12H15N5OS/c1-7-6-19-12(15-7)8(2)16-11(18)10-5-9(17-13)3-4-14-10/h3-6,8H,13H2,1-2H3,(H,14,17)(H,16,18). The Morgan fingerprint density at radius 2 is 2.32 bits per heavy atom. The summed E-state index contributed by atoms with van der Waals surface area (Å²) in [5, 5.41) is 5.68. The number of nitrogen functional groups attached to an aromatic ring is 1. The highest BCUT2D eigenvalue weighted by Gasteiger charge is 2.15. The lowest BCUT2D eigenvalue weighted by Gasteiger charge is -2.11. The molecule has 2 aromatic rings. The highest BCUT2D eigenvalue weighted by Crippen LogP contribution is 2.18. The van der Waals surface area contributed by atoms with Crippen molar-refractivity contribution < 1.29 is 4.79 Å². The number of nitrogens with zero attached hydrogens (tertiary/aromatic N) is 2. The number of amides is 1. The van der Waals surface area contributed by atoms with Crippen molar-refractivity contribution in [1.29, 1.82) is 0 Å². The molecule has 0 aliphatic carbocycles. The average molecular weight is 277 g/mol. The number of hydrogen-bond acceptors (Lipinski definition) is 6. The normalized spacial score (nSPS) is 11.9. The van der Waals surface area contributed by atoms with Crippen LogP contribution in [0.4, 0.5) is 5.69 Å². The maximum absolute atomic E-state index is 12.0. The van der Waals surface area contributed by atoms with Gasteiger partial charge < -0.3 is 10.7 Å². The zero-order valence-electron chi connectivity index (χ0n) is 10.7. The summed E-state index contributed by atoms with van der Waals surface area (Å²) in [6.07, 6.45) is 1.53. The van der Waals surface area contributed by atoms with E-state index in [0.717, 1.165) is 10.7 Å². The third kappa shape index (κ3) is 3.27. The molecule has 100 valence electrons. The number of thiazole rings is 1. The molecule has 0 fully saturated rings. The van der Waals surface area contributed by atoms with Crippen LogP contribution in [0.3, 0.4) is 0 Å². The van der Waals surface area contributed by atoms with Crippen LogP contribution in [0.1, 0.15) is 34.2 Å². The van der Waals surface area contributed by atoms with Gasteiger partial charge in [0.2, 0.25) is 0 Å². The van der Waals surface area contributed by atoms with Gasteiger partial charge in [0.1, 0.15) is 10.7 Å². The zero-order chi connectivity index (χ0) is 13.8. The Morgan fingerprint density at radius 1 is 1.53 bits per heavy atom. The van der Waals surface area contributed by atoms with Crippen LogP contribution in [0.2, 0.25) is 0 Å². The van der Waals surface area contributed by atoms with Crippen LogP contribution in [0, 0.1) is 6.92 Å². The summed E-state index contributed by atoms with van der Waals surface area (Å²) < 4.78 is 0. The zero-order valence-corrected chi connectivity index (χ0v) is 11.5. The monoisotopic (exact) mass is 277 g/mol. The highest BCUT2D eigenvalue weighted by molar-refractivity contribution is 7.09. The van der Waals surface area contributed by atoms with E-state index >= 15 is 0 Å². The minimum Gasteiger partial charge on any atom is -0.342 e. The van der Waals surface area contributed by atoms with Gasteiger partial charge in [0.15, 0.2) is 0 Å². The summed E-state index contributed by atoms with van der Waals surface area (Å²) in [4.78, 5) is 20.4. The van der Waals surface area contributed by atoms with Gasteiger partial charge in [-0.1, -0.05) is 0 Å². The summed E-state index contributed by atoms with van der Waals surface area (Å²) in [6, 6.07) is 3.13. The molecule has 6 nitrogen and oxygen atoms in total. The van der Waals surface area contributed by atoms with Crippen LogP contribution in [-0.4, -0.2) is 15.9 Å². The number of rotatable bonds is 4. The van der Waals surface area contributed by atoms with Crippen molar-refractivity contribution in [2.45, 2.75) is 19.9 Å². The number of nitrogens with one attached hydrogen (secondary N) is 2. The molecule has 0 aliphatic heterocycles. The molecule has 2 aromatic heterocycles. The summed E-state index contributed by atoms with van der Waals surface area (Å²) >= 11 is 1.52. The molecular weight excluding hydrogens is 262 g/mol. The van der Waals surface area contributed by atoms with Crippen LogP contribution in [0.5, 0.6) is 0 Å². The van der Waals surface area contributed by atoms with Crippen LogP contribution < -0.4 is 16.6 Å². The molecule has 4 N–H and O–H groups in total. The largest absolute Gasteiger partial charge is 0.342 e. The van der Waals surface area contributed by atoms with Crippen LogP contribution in [0.25, 0.3) is 0 Å². The second-order valence-corrected chi connectivity index (χ2v) is 4.99. The maximum Gasteiger partial charge on any atom is 0.270 e. The number of hydrazine groups is 1. The molecule has 0 spiro atoms. The summed E-state index contributed by atoms with van der Waals surface area (Å²) in [7, 11) is 0. The van der Waals surface area contributed by atoms with Crippen LogP contribution >= 0.6 is 11.3 Å². The molecule has 1 atom stereocenters. The number of carbonyl (C=O) groups is 1. The van der Waals surface area contributed by atoms with E-state index in [1.165, 1.54) is 17.5 Å². The average Bonchev–Trinajstić information content (AvgIpc) is 2.85. The van der Waals surface area contributed by atoms with Gasteiger partial charge in [-0.25, -0.2) is 4.98 Å². The quantitative estimate of drug-likeness (QED) is 0.583. The second kappa shape index (κ2) is 5.77. The Morgan fingerprint density at radius 3 is 2.95 bits per heavy atom. The summed E-state index contributed by atoms with van der Waals surface area (Å²) in [6.45, 7) is 3.81. The first-order chi connectivity index (χ1) is 9.10. The number of pyridine rings is 1. The van der Waals surface area contributed by atoms with Crippen LogP contribution in [-0.2, 0) is 0 Å². The predicted octanol–water partition coefficient (Wildman–Crippen LogP) is 1.62. The number of anilines is 1. The van der Waals surface area contributed by atoms with Gasteiger partial charge >= 0.3 is 0 Å². The Bertz CT molecular complexity index is 583. The third-order valence-corrected chi connectivity index (χ3v) is 3.66. The third-order valence-electron chi connectivity index (χ3n) is 2.51. The Kier molecular flexibility index (Phi) is 4.08. The van der Waals surface area contributed by atoms with Crippen LogP contribution in [0.15, 0.2) is 23.7 Å². The van der Waals surface area contributed by atoms with Gasteiger partial charge in [-0.3, -0.25) is 15.6 Å². The molecule has 2 heterocycles. The molecule has 0 aliphatic rings. The highest BCUT2D eigenvalue weighted by atomic mass is 32.1. The molecular formula is C12H15N5OS. The second-order valence-electron chi connectivity index (χ2n) is 4.10. The fraction of sp³-hybridized carbons (Fsp3) is 0.250. The molecule has 0 radical (unpaired) electrons. The Balaban J connectivity index is 2.08. The minimum absolute atomic E-state index is 0.150. The first-order valence-electron chi connectivity index (χ1n) is 5.75. The lowest BCUT2D eigenvalue weighted by Crippen LogP contribution is -2.27. The molecule has 1 amide bonds. The fourth-order valence-corrected chi connectivity index (χ4v) is 2.35. The topological polar surface area (TPSA) is 92.9 Å². The molecule has 1 unspecified atom stereocenters. The van der Waals surface area contributed by atoms with Gasteiger partial charge in [-0.2, -0.15) is 0 Å². The van der Waals surface area contributed by atoms with E-state index < -0.39 is 0 Å². The fourth-order valence-electron chi connectivity index (χ4n) is 1.55. The summed E-state index contributed by atoms with van der Waals surface area (Å²) in [5.41, 5.74) is 4.38. The van der Waals surface area contributed by atoms with Crippen molar-refractivity contribution in [3.05, 3.63) is 40.1 Å². The molecule has 0 aromatic carbocycles. The maximum atomic E-state index is 12.0. The lowest BCUT2D eigenvalue weighted by molar-refractivity contribution is 0.0935. The van der Waals surface area contributed by atoms with E-state index in [0.29, 0.717) is 11.4 Å². The van der Waals surface area contributed by atoms with E-state index in [9.17, 15) is 4.79 Å². The van der Waals surface area contributed by atoms with Crippen molar-refractivity contribution in [3.63, 3.8) is 0 Å². The first-order valence-corrected chi connectivity index (χ1v) is 6.63. The van der Waals surface area contributed by atoms with Gasteiger partial charge in [0.25, 0.3) is 5.91 Å². The summed E-state index contributed by atoms with van der Waals surface area (Å²) in [5.74, 6) is 5.04. The van der Waals surface area contributed by atoms with Crippen molar-refractivity contribution in [3.8, 4) is 0 Å². The molecule has 7 heteroatoms. The van der Waals surface area contributed by atoms with E-state index in [-0.39, 0.29) is 11.9 Å². The van der Waals surface area contributed by atoms with Crippen molar-refractivity contribution >= 4 is 22.9 Å². The minimum atomic E-state index is -0.252. The van der Waals surface area contributed by atoms with E-state index in [1.807, 2.05) is 19.2 Å².